The lowest BCUT2D eigenvalue weighted by molar-refractivity contribution is 0.862. The Labute approximate surface area is 88.2 Å². The molecule has 0 radical (unpaired) electrons. The highest BCUT2D eigenvalue weighted by molar-refractivity contribution is 5.40. The van der Waals surface area contributed by atoms with Crippen molar-refractivity contribution in [3.05, 3.63) is 30.6 Å². The van der Waals surface area contributed by atoms with E-state index in [1.807, 2.05) is 23.9 Å². The monoisotopic (exact) mass is 203 g/mol. The fraction of sp³-hybridized carbons (Fsp3) is 0.300. The average molecular weight is 203 g/mol. The molecule has 0 amide bonds. The standard InChI is InChI=1S/C10H13N5/c1-3-9-12-4-5-15(9)10-6-8(11-2)13-7-14-10/h4-7H,3H2,1-2H3,(H,11,13,14). The molecular weight excluding hydrogens is 190 g/mol. The molecule has 0 aromatic carbocycles. The molecule has 2 rings (SSSR count). The molecule has 0 saturated carbocycles. The van der Waals surface area contributed by atoms with Gasteiger partial charge in [0, 0.05) is 31.9 Å². The molecule has 0 aliphatic carbocycles. The lowest BCUT2D eigenvalue weighted by Crippen LogP contribution is -2.03. The van der Waals surface area contributed by atoms with E-state index in [2.05, 4.69) is 27.2 Å². The molecule has 2 heterocycles. The summed E-state index contributed by atoms with van der Waals surface area (Å²) in [6.07, 6.45) is 6.10. The maximum atomic E-state index is 4.25. The summed E-state index contributed by atoms with van der Waals surface area (Å²) < 4.78 is 1.96. The van der Waals surface area contributed by atoms with Gasteiger partial charge in [-0.1, -0.05) is 6.92 Å². The molecule has 2 aromatic rings. The third-order valence-electron chi connectivity index (χ3n) is 2.19. The number of imidazole rings is 1. The minimum Gasteiger partial charge on any atom is -0.373 e. The van der Waals surface area contributed by atoms with Crippen molar-refractivity contribution in [2.24, 2.45) is 0 Å². The van der Waals surface area contributed by atoms with Gasteiger partial charge in [0.25, 0.3) is 0 Å². The van der Waals surface area contributed by atoms with Gasteiger partial charge in [-0.05, 0) is 0 Å². The molecule has 78 valence electrons. The van der Waals surface area contributed by atoms with Crippen molar-refractivity contribution < 1.29 is 0 Å². The Balaban J connectivity index is 2.44. The van der Waals surface area contributed by atoms with Gasteiger partial charge in [0.15, 0.2) is 0 Å². The van der Waals surface area contributed by atoms with Gasteiger partial charge in [-0.3, -0.25) is 4.57 Å². The maximum absolute atomic E-state index is 4.25. The van der Waals surface area contributed by atoms with Crippen LogP contribution in [0.2, 0.25) is 0 Å². The highest BCUT2D eigenvalue weighted by Crippen LogP contribution is 2.10. The number of aromatic nitrogens is 4. The van der Waals surface area contributed by atoms with Crippen LogP contribution in [0.4, 0.5) is 5.82 Å². The van der Waals surface area contributed by atoms with E-state index in [-0.39, 0.29) is 0 Å². The third-order valence-corrected chi connectivity index (χ3v) is 2.19. The van der Waals surface area contributed by atoms with E-state index in [0.717, 1.165) is 23.9 Å². The van der Waals surface area contributed by atoms with Gasteiger partial charge < -0.3 is 5.32 Å². The minimum absolute atomic E-state index is 0.802. The van der Waals surface area contributed by atoms with E-state index in [0.29, 0.717) is 0 Å². The number of hydrogen-bond donors (Lipinski definition) is 1. The number of nitrogens with zero attached hydrogens (tertiary/aromatic N) is 4. The molecule has 0 aliphatic heterocycles. The molecule has 15 heavy (non-hydrogen) atoms. The molecule has 0 aliphatic rings. The van der Waals surface area contributed by atoms with E-state index < -0.39 is 0 Å². The van der Waals surface area contributed by atoms with Crippen LogP contribution in [0, 0.1) is 0 Å². The first-order valence-corrected chi connectivity index (χ1v) is 4.87. The predicted molar refractivity (Wildman–Crippen MR) is 58.1 cm³/mol. The van der Waals surface area contributed by atoms with Gasteiger partial charge in [-0.25, -0.2) is 15.0 Å². The molecule has 0 atom stereocenters. The molecule has 0 saturated heterocycles. The Morgan fingerprint density at radius 1 is 1.33 bits per heavy atom. The first-order valence-electron chi connectivity index (χ1n) is 4.87. The van der Waals surface area contributed by atoms with Crippen molar-refractivity contribution in [1.29, 1.82) is 0 Å². The van der Waals surface area contributed by atoms with Crippen LogP contribution in [-0.4, -0.2) is 26.6 Å². The highest BCUT2D eigenvalue weighted by Gasteiger charge is 2.04. The molecule has 0 fully saturated rings. The first-order chi connectivity index (χ1) is 7.35. The average Bonchev–Trinajstić information content (AvgIpc) is 2.77. The largest absolute Gasteiger partial charge is 0.373 e. The highest BCUT2D eigenvalue weighted by atomic mass is 15.1. The molecule has 0 spiro atoms. The molecule has 5 heteroatoms. The zero-order chi connectivity index (χ0) is 10.7. The van der Waals surface area contributed by atoms with E-state index in [9.17, 15) is 0 Å². The normalized spacial score (nSPS) is 10.3. The van der Waals surface area contributed by atoms with Crippen molar-refractivity contribution in [3.8, 4) is 5.82 Å². The first kappa shape index (κ1) is 9.64. The summed E-state index contributed by atoms with van der Waals surface area (Å²) in [4.78, 5) is 12.5. The van der Waals surface area contributed by atoms with Gasteiger partial charge in [0.2, 0.25) is 0 Å². The van der Waals surface area contributed by atoms with Gasteiger partial charge in [-0.15, -0.1) is 0 Å². The molecule has 0 unspecified atom stereocenters. The van der Waals surface area contributed by atoms with Crippen molar-refractivity contribution >= 4 is 5.82 Å². The Hall–Kier alpha value is -1.91. The quantitative estimate of drug-likeness (QED) is 0.816. The zero-order valence-corrected chi connectivity index (χ0v) is 8.81. The molecule has 1 N–H and O–H groups in total. The van der Waals surface area contributed by atoms with Gasteiger partial charge in [0.05, 0.1) is 0 Å². The number of nitrogens with one attached hydrogen (secondary N) is 1. The van der Waals surface area contributed by atoms with Crippen LogP contribution in [0.5, 0.6) is 0 Å². The Morgan fingerprint density at radius 2 is 2.20 bits per heavy atom. The summed E-state index contributed by atoms with van der Waals surface area (Å²) in [6.45, 7) is 2.07. The van der Waals surface area contributed by atoms with Crippen LogP contribution >= 0.6 is 0 Å². The predicted octanol–water partition coefficient (Wildman–Crippen LogP) is 1.27. The second-order valence-electron chi connectivity index (χ2n) is 3.08. The van der Waals surface area contributed by atoms with Crippen LogP contribution in [0.25, 0.3) is 5.82 Å². The Morgan fingerprint density at radius 3 is 2.93 bits per heavy atom. The lowest BCUT2D eigenvalue weighted by atomic mass is 10.4. The fourth-order valence-electron chi connectivity index (χ4n) is 1.42. The van der Waals surface area contributed by atoms with Gasteiger partial charge in [-0.2, -0.15) is 0 Å². The van der Waals surface area contributed by atoms with Crippen molar-refractivity contribution in [2.75, 3.05) is 12.4 Å². The van der Waals surface area contributed by atoms with Crippen LogP contribution in [0.1, 0.15) is 12.7 Å². The Bertz CT molecular complexity index is 449. The summed E-state index contributed by atoms with van der Waals surface area (Å²) in [6, 6.07) is 1.89. The Kier molecular flexibility index (Phi) is 2.62. The zero-order valence-electron chi connectivity index (χ0n) is 8.81. The fourth-order valence-corrected chi connectivity index (χ4v) is 1.42. The van der Waals surface area contributed by atoms with Crippen LogP contribution in [0.15, 0.2) is 24.8 Å². The number of rotatable bonds is 3. The molecule has 2 aromatic heterocycles. The summed E-state index contributed by atoms with van der Waals surface area (Å²) in [5.74, 6) is 2.63. The van der Waals surface area contributed by atoms with Crippen molar-refractivity contribution in [1.82, 2.24) is 19.5 Å². The topological polar surface area (TPSA) is 55.6 Å². The van der Waals surface area contributed by atoms with Crippen LogP contribution in [-0.2, 0) is 6.42 Å². The number of aryl methyl sites for hydroxylation is 1. The van der Waals surface area contributed by atoms with E-state index in [4.69, 9.17) is 0 Å². The number of hydrogen-bond acceptors (Lipinski definition) is 4. The van der Waals surface area contributed by atoms with Gasteiger partial charge in [0.1, 0.15) is 23.8 Å². The van der Waals surface area contributed by atoms with Crippen LogP contribution in [0.3, 0.4) is 0 Å². The second kappa shape index (κ2) is 4.08. The molecular formula is C10H13N5. The summed E-state index contributed by atoms with van der Waals surface area (Å²) >= 11 is 0. The smallest absolute Gasteiger partial charge is 0.143 e. The summed E-state index contributed by atoms with van der Waals surface area (Å²) in [7, 11) is 1.83. The lowest BCUT2D eigenvalue weighted by Gasteiger charge is -2.06. The second-order valence-corrected chi connectivity index (χ2v) is 3.08. The van der Waals surface area contributed by atoms with E-state index >= 15 is 0 Å². The van der Waals surface area contributed by atoms with E-state index in [1.54, 1.807) is 12.5 Å². The SMILES string of the molecule is CCc1nccn1-c1cc(NC)ncn1. The summed E-state index contributed by atoms with van der Waals surface area (Å²) in [5, 5.41) is 2.98. The van der Waals surface area contributed by atoms with Gasteiger partial charge >= 0.3 is 0 Å². The van der Waals surface area contributed by atoms with Crippen molar-refractivity contribution in [2.45, 2.75) is 13.3 Å². The number of anilines is 1. The minimum atomic E-state index is 0.802. The molecule has 0 bridgehead atoms. The van der Waals surface area contributed by atoms with E-state index in [1.165, 1.54) is 0 Å². The van der Waals surface area contributed by atoms with Crippen molar-refractivity contribution in [3.63, 3.8) is 0 Å². The van der Waals surface area contributed by atoms with Crippen LogP contribution < -0.4 is 5.32 Å². The molecule has 5 nitrogen and oxygen atoms in total. The third kappa shape index (κ3) is 1.81. The summed E-state index contributed by atoms with van der Waals surface area (Å²) in [5.41, 5.74) is 0. The maximum Gasteiger partial charge on any atom is 0.143 e.